The van der Waals surface area contributed by atoms with Gasteiger partial charge in [0, 0.05) is 43.4 Å². The van der Waals surface area contributed by atoms with Crippen LogP contribution < -0.4 is 58.6 Å². The highest BCUT2D eigenvalue weighted by Crippen LogP contribution is 2.24. The molecule has 0 bridgehead atoms. The number of benzene rings is 5. The number of aromatic nitrogens is 1. The van der Waals surface area contributed by atoms with Gasteiger partial charge in [-0.2, -0.15) is 0 Å². The number of carboxylic acid groups (broad SMARTS) is 1. The number of aliphatic hydroxyl groups excluding tert-OH is 2. The summed E-state index contributed by atoms with van der Waals surface area (Å²) in [5.74, 6) is -8.48. The quantitative estimate of drug-likeness (QED) is 0.0154. The third-order valence-electron chi connectivity index (χ3n) is 16.3. The van der Waals surface area contributed by atoms with Crippen LogP contribution >= 0.6 is 0 Å². The first-order valence-corrected chi connectivity index (χ1v) is 33.2. The second-order valence-corrected chi connectivity index (χ2v) is 24.5. The Balaban J connectivity index is 0.00000390. The van der Waals surface area contributed by atoms with E-state index in [0.717, 1.165) is 12.5 Å². The predicted molar refractivity (Wildman–Crippen MR) is 375 cm³/mol. The number of hydrogen-bond acceptors (Lipinski definition) is 18. The number of rotatable bonds is 35. The number of carbonyl (C=O) groups is 10. The highest BCUT2D eigenvalue weighted by Gasteiger charge is 2.45. The smallest absolute Gasteiger partial charge is 0.408 e. The second kappa shape index (κ2) is 40.3. The molecule has 0 radical (unpaired) electrons. The van der Waals surface area contributed by atoms with Gasteiger partial charge < -0.3 is 83.6 Å². The van der Waals surface area contributed by atoms with Gasteiger partial charge in [0.15, 0.2) is 5.96 Å². The highest BCUT2D eigenvalue weighted by atomic mass is 16.5. The van der Waals surface area contributed by atoms with Crippen molar-refractivity contribution < 1.29 is 77.5 Å². The van der Waals surface area contributed by atoms with Crippen molar-refractivity contribution >= 4 is 76.2 Å². The molecule has 101 heavy (non-hydrogen) atoms. The number of nitrogens with one attached hydrogen (secondary N) is 7. The molecule has 1 aromatic heterocycles. The number of methoxy groups -OCH3 is 1. The van der Waals surface area contributed by atoms with Gasteiger partial charge in [-0.25, -0.2) is 9.69 Å². The number of ether oxygens (including phenoxy) is 3. The third kappa shape index (κ3) is 25.2. The van der Waals surface area contributed by atoms with E-state index in [1.54, 1.807) is 121 Å². The maximum atomic E-state index is 15.9. The first-order chi connectivity index (χ1) is 48.4. The van der Waals surface area contributed by atoms with Crippen LogP contribution in [0, 0.1) is 5.92 Å². The zero-order valence-corrected chi connectivity index (χ0v) is 57.3. The van der Waals surface area contributed by atoms with Gasteiger partial charge in [0.1, 0.15) is 61.0 Å². The van der Waals surface area contributed by atoms with E-state index in [4.69, 9.17) is 41.3 Å². The van der Waals surface area contributed by atoms with Gasteiger partial charge in [0.2, 0.25) is 29.5 Å². The lowest BCUT2D eigenvalue weighted by Crippen LogP contribution is -2.63. The van der Waals surface area contributed by atoms with Crippen LogP contribution in [0.2, 0.25) is 0 Å². The number of aliphatic hydroxyl groups is 2. The molecule has 1 saturated heterocycles. The molecule has 1 fully saturated rings. The van der Waals surface area contributed by atoms with E-state index >= 15 is 14.4 Å². The number of aromatic amines is 1. The molecule has 0 unspecified atom stereocenters. The number of guanidine groups is 1. The zero-order valence-electron chi connectivity index (χ0n) is 57.3. The van der Waals surface area contributed by atoms with E-state index < -0.39 is 127 Å². The maximum Gasteiger partial charge on any atom is 0.408 e. The summed E-state index contributed by atoms with van der Waals surface area (Å²) in [6, 6.07) is 26.4. The number of para-hydroxylation sites is 1. The molecule has 8 atom stereocenters. The SMILES string of the molecule is CC(=O)O.CCN1CCC[C@H]1C(=O)N(C(=O)[C@H](CCCN=C(N)N)NC(=O)[C@H](CC(C)C)NC(=O)[C@H](N)Cc1ccc(OC)cc1)C(=O)[C@H](Cc1ccc(OCc2ccccc2)cc1)NC(=O)[C@H](CO)NC(=O)[C@H](Cc1c[nH]c2ccccc12)NC(=O)[C@H](CO)NC(=O)OCc1ccccc1. The van der Waals surface area contributed by atoms with Gasteiger partial charge >= 0.3 is 6.09 Å². The number of fused-ring (bicyclic) bond motifs is 1. The summed E-state index contributed by atoms with van der Waals surface area (Å²) in [5.41, 5.74) is 21.6. The molecular weight excluding hydrogens is 1300 g/mol. The second-order valence-electron chi connectivity index (χ2n) is 24.5. The van der Waals surface area contributed by atoms with Crippen molar-refractivity contribution in [1.29, 1.82) is 0 Å². The maximum absolute atomic E-state index is 15.9. The van der Waals surface area contributed by atoms with Crippen molar-refractivity contribution in [3.8, 4) is 11.5 Å². The highest BCUT2D eigenvalue weighted by molar-refractivity contribution is 6.16. The number of amides is 9. The van der Waals surface area contributed by atoms with Crippen molar-refractivity contribution in [2.75, 3.05) is 40.0 Å². The molecule has 29 nitrogen and oxygen atoms in total. The van der Waals surface area contributed by atoms with Gasteiger partial charge in [-0.1, -0.05) is 124 Å². The van der Waals surface area contributed by atoms with Crippen LogP contribution in [-0.4, -0.2) is 184 Å². The van der Waals surface area contributed by atoms with Crippen molar-refractivity contribution in [1.82, 2.24) is 46.7 Å². The number of aliphatic imine (C=N–C) groups is 1. The Kier molecular flexibility index (Phi) is 31.7. The number of likely N-dealkylation sites (tertiary alicyclic amines) is 1. The summed E-state index contributed by atoms with van der Waals surface area (Å²) in [5, 5.41) is 44.9. The Labute approximate surface area is 585 Å². The minimum absolute atomic E-state index is 0.0141. The Bertz CT molecular complexity index is 3740. The Morgan fingerprint density at radius 1 is 0.624 bits per heavy atom. The normalized spacial score (nSPS) is 14.7. The molecule has 2 heterocycles. The fourth-order valence-electron chi connectivity index (χ4n) is 11.1. The van der Waals surface area contributed by atoms with Crippen molar-refractivity contribution in [2.24, 2.45) is 28.1 Å². The molecule has 542 valence electrons. The van der Waals surface area contributed by atoms with Crippen molar-refractivity contribution in [3.05, 3.63) is 167 Å². The molecule has 6 aromatic rings. The molecule has 5 aromatic carbocycles. The van der Waals surface area contributed by atoms with Crippen LogP contribution in [0.5, 0.6) is 11.5 Å². The Morgan fingerprint density at radius 2 is 1.14 bits per heavy atom. The average molecular weight is 1400 g/mol. The number of carboxylic acids is 1. The number of likely N-dealkylation sites (N-methyl/N-ethyl adjacent to an activating group) is 1. The molecule has 29 heteroatoms. The predicted octanol–water partition coefficient (Wildman–Crippen LogP) is 2.37. The number of imide groups is 3. The number of nitrogens with zero attached hydrogens (tertiary/aromatic N) is 3. The van der Waals surface area contributed by atoms with E-state index in [2.05, 4.69) is 41.9 Å². The standard InChI is InChI=1S/C70H89N13O14.C2H4O2/c1-5-82-33-15-23-60(82)68(93)83(66(91)54(22-14-32-74-69(72)73)76-62(87)55(34-43(2)3)77-61(86)52(71)35-44-24-28-49(95-4)29-25-44)67(92)57(36-45-26-30-50(31-27-45)96-41-46-16-8-6-9-17-46)79-64(89)58(39-84)80-63(88)56(37-48-38-75-53-21-13-12-20-51(48)53)78-65(90)59(40-85)81-70(94)97-42-47-18-10-7-11-19-47;1-2(3)4/h6-13,16-21,24-31,38,43,52,54-60,75,84-85H,5,14-15,22-23,32-37,39-42,71H2,1-4H3,(H,76,87)(H,77,86)(H,78,90)(H,79,89)(H,80,88)(H,81,94)(H4,72,73,74);1H3,(H,3,4)/t52-,54+,55+,56+,57+,58+,59+,60+;/m1./s1. The van der Waals surface area contributed by atoms with Crippen LogP contribution in [0.4, 0.5) is 4.79 Å². The fourth-order valence-corrected chi connectivity index (χ4v) is 11.1. The number of nitrogens with two attached hydrogens (primary N) is 3. The molecule has 0 aliphatic carbocycles. The summed E-state index contributed by atoms with van der Waals surface area (Å²) in [6.07, 6.45) is 0.520. The van der Waals surface area contributed by atoms with Gasteiger partial charge in [0.05, 0.1) is 32.4 Å². The lowest BCUT2D eigenvalue weighted by atomic mass is 9.99. The first-order valence-electron chi connectivity index (χ1n) is 33.2. The minimum Gasteiger partial charge on any atom is -0.497 e. The largest absolute Gasteiger partial charge is 0.497 e. The molecule has 16 N–H and O–H groups in total. The fraction of sp³-hybridized carbons (Fsp3) is 0.403. The number of H-pyrrole nitrogens is 1. The van der Waals surface area contributed by atoms with Gasteiger partial charge in [0.25, 0.3) is 23.7 Å². The number of alkyl carbamates (subject to hydrolysis) is 1. The van der Waals surface area contributed by atoms with Crippen LogP contribution in [0.3, 0.4) is 0 Å². The van der Waals surface area contributed by atoms with Crippen LogP contribution in [0.25, 0.3) is 10.9 Å². The van der Waals surface area contributed by atoms with Crippen molar-refractivity contribution in [3.63, 3.8) is 0 Å². The van der Waals surface area contributed by atoms with E-state index in [0.29, 0.717) is 69.1 Å². The number of carbonyl (C=O) groups excluding carboxylic acids is 9. The molecule has 9 amide bonds. The Morgan fingerprint density at radius 3 is 1.73 bits per heavy atom. The summed E-state index contributed by atoms with van der Waals surface area (Å²) in [6.45, 7) is 5.23. The molecule has 0 saturated carbocycles. The average Bonchev–Trinajstić information content (AvgIpc) is 1.78. The van der Waals surface area contributed by atoms with Crippen LogP contribution in [0.15, 0.2) is 145 Å². The minimum atomic E-state index is -1.90. The molecule has 1 aliphatic rings. The Hall–Kier alpha value is -10.8. The third-order valence-corrected chi connectivity index (χ3v) is 16.3. The molecule has 7 rings (SSSR count). The van der Waals surface area contributed by atoms with Crippen LogP contribution in [0.1, 0.15) is 87.6 Å². The zero-order chi connectivity index (χ0) is 73.5. The topological polar surface area (TPSA) is 444 Å². The molecule has 0 spiro atoms. The summed E-state index contributed by atoms with van der Waals surface area (Å²) >= 11 is 0. The van der Waals surface area contributed by atoms with Crippen molar-refractivity contribution in [2.45, 2.75) is 141 Å². The summed E-state index contributed by atoms with van der Waals surface area (Å²) in [4.78, 5) is 151. The van der Waals surface area contributed by atoms with E-state index in [1.807, 2.05) is 44.2 Å². The lowest BCUT2D eigenvalue weighted by molar-refractivity contribution is -0.160. The summed E-state index contributed by atoms with van der Waals surface area (Å²) in [7, 11) is 1.52. The number of hydrogen-bond donors (Lipinski definition) is 13. The molecule has 1 aliphatic heterocycles. The van der Waals surface area contributed by atoms with Gasteiger partial charge in [-0.15, -0.1) is 0 Å². The van der Waals surface area contributed by atoms with Gasteiger partial charge in [-0.3, -0.25) is 53.0 Å². The van der Waals surface area contributed by atoms with Gasteiger partial charge in [-0.05, 0) is 116 Å². The lowest BCUT2D eigenvalue weighted by Gasteiger charge is -2.33. The van der Waals surface area contributed by atoms with E-state index in [9.17, 15) is 39.0 Å². The first kappa shape index (κ1) is 79.2. The number of aliphatic carboxylic acids is 1. The van der Waals surface area contributed by atoms with E-state index in [1.165, 1.54) is 7.11 Å². The molecular formula is C72H93N13O16. The monoisotopic (exact) mass is 1400 g/mol. The van der Waals surface area contributed by atoms with Crippen LogP contribution in [-0.2, 0) is 80.4 Å². The van der Waals surface area contributed by atoms with E-state index in [-0.39, 0.29) is 70.2 Å². The summed E-state index contributed by atoms with van der Waals surface area (Å²) < 4.78 is 16.6.